The summed E-state index contributed by atoms with van der Waals surface area (Å²) in [7, 11) is 2.08. The zero-order valence-corrected chi connectivity index (χ0v) is 12.9. The summed E-state index contributed by atoms with van der Waals surface area (Å²) in [4.78, 5) is 18.7. The van der Waals surface area contributed by atoms with Gasteiger partial charge in [0.1, 0.15) is 0 Å². The molecule has 2 heterocycles. The Morgan fingerprint density at radius 1 is 1.36 bits per heavy atom. The number of aryl methyl sites for hydroxylation is 1. The Morgan fingerprint density at radius 3 is 2.77 bits per heavy atom. The van der Waals surface area contributed by atoms with Crippen LogP contribution in [0.4, 0.5) is 0 Å². The van der Waals surface area contributed by atoms with Crippen molar-refractivity contribution in [2.24, 2.45) is 0 Å². The van der Waals surface area contributed by atoms with Gasteiger partial charge in [0, 0.05) is 30.6 Å². The van der Waals surface area contributed by atoms with Crippen LogP contribution < -0.4 is 5.32 Å². The van der Waals surface area contributed by atoms with Crippen LogP contribution in [0.3, 0.4) is 0 Å². The molecule has 1 unspecified atom stereocenters. The summed E-state index contributed by atoms with van der Waals surface area (Å²) >= 11 is 0. The number of amides is 1. The molecule has 22 heavy (non-hydrogen) atoms. The smallest absolute Gasteiger partial charge is 0.251 e. The molecule has 6 heteroatoms. The number of benzene rings is 1. The van der Waals surface area contributed by atoms with Crippen LogP contribution in [0.1, 0.15) is 29.1 Å². The zero-order valence-electron chi connectivity index (χ0n) is 12.9. The third-order valence-electron chi connectivity index (χ3n) is 3.89. The number of hydrogen-bond acceptors (Lipinski definition) is 5. The highest BCUT2D eigenvalue weighted by atomic mass is 16.5. The van der Waals surface area contributed by atoms with Crippen molar-refractivity contribution in [1.29, 1.82) is 0 Å². The summed E-state index contributed by atoms with van der Waals surface area (Å²) in [6.45, 7) is 3.76. The summed E-state index contributed by atoms with van der Waals surface area (Å²) in [5, 5.41) is 6.97. The van der Waals surface area contributed by atoms with E-state index in [2.05, 4.69) is 27.4 Å². The molecular formula is C16H20N4O2. The third-order valence-corrected chi connectivity index (χ3v) is 3.89. The van der Waals surface area contributed by atoms with E-state index in [9.17, 15) is 4.79 Å². The minimum absolute atomic E-state index is 0.0313. The Kier molecular flexibility index (Phi) is 4.20. The monoisotopic (exact) mass is 300 g/mol. The number of likely N-dealkylation sites (N-methyl/N-ethyl adjacent to an activating group) is 1. The van der Waals surface area contributed by atoms with Crippen molar-refractivity contribution in [3.63, 3.8) is 0 Å². The molecule has 3 rings (SSSR count). The first-order valence-corrected chi connectivity index (χ1v) is 7.52. The maximum atomic E-state index is 12.3. The number of hydrogen-bond donors (Lipinski definition) is 1. The van der Waals surface area contributed by atoms with Gasteiger partial charge in [0.15, 0.2) is 0 Å². The first-order valence-electron chi connectivity index (χ1n) is 7.52. The van der Waals surface area contributed by atoms with Gasteiger partial charge in [-0.15, -0.1) is 0 Å². The van der Waals surface area contributed by atoms with Crippen molar-refractivity contribution in [1.82, 2.24) is 20.4 Å². The molecule has 1 aromatic carbocycles. The highest BCUT2D eigenvalue weighted by Crippen LogP contribution is 2.17. The summed E-state index contributed by atoms with van der Waals surface area (Å²) in [5.41, 5.74) is 1.49. The van der Waals surface area contributed by atoms with Gasteiger partial charge in [-0.05, 0) is 38.6 Å². The number of carbonyl (C=O) groups is 1. The van der Waals surface area contributed by atoms with Gasteiger partial charge >= 0.3 is 0 Å². The topological polar surface area (TPSA) is 71.3 Å². The van der Waals surface area contributed by atoms with Crippen LogP contribution in [-0.2, 0) is 0 Å². The van der Waals surface area contributed by atoms with E-state index in [1.54, 1.807) is 19.1 Å². The molecular weight excluding hydrogens is 280 g/mol. The number of carbonyl (C=O) groups excluding carboxylic acids is 1. The molecule has 2 aromatic rings. The number of aromatic nitrogens is 2. The van der Waals surface area contributed by atoms with E-state index in [4.69, 9.17) is 4.52 Å². The molecule has 1 aromatic heterocycles. The van der Waals surface area contributed by atoms with E-state index in [0.29, 0.717) is 17.3 Å². The van der Waals surface area contributed by atoms with Crippen LogP contribution in [0.25, 0.3) is 11.4 Å². The molecule has 0 radical (unpaired) electrons. The fourth-order valence-corrected chi connectivity index (χ4v) is 2.74. The van der Waals surface area contributed by atoms with Gasteiger partial charge in [0.05, 0.1) is 0 Å². The normalized spacial score (nSPS) is 19.1. The Labute approximate surface area is 129 Å². The molecule has 6 nitrogen and oxygen atoms in total. The lowest BCUT2D eigenvalue weighted by Gasteiger charge is -2.30. The minimum Gasteiger partial charge on any atom is -0.348 e. The average Bonchev–Trinajstić information content (AvgIpc) is 2.94. The minimum atomic E-state index is -0.0313. The zero-order chi connectivity index (χ0) is 15.5. The molecule has 1 saturated heterocycles. The van der Waals surface area contributed by atoms with Crippen LogP contribution in [0.5, 0.6) is 0 Å². The summed E-state index contributed by atoms with van der Waals surface area (Å²) in [5.74, 6) is 1.03. The largest absolute Gasteiger partial charge is 0.348 e. The molecule has 1 fully saturated rings. The summed E-state index contributed by atoms with van der Waals surface area (Å²) in [6, 6.07) is 7.50. The molecule has 1 atom stereocenters. The van der Waals surface area contributed by atoms with Crippen molar-refractivity contribution < 1.29 is 9.32 Å². The predicted molar refractivity (Wildman–Crippen MR) is 82.5 cm³/mol. The van der Waals surface area contributed by atoms with E-state index in [1.807, 2.05) is 12.1 Å². The third kappa shape index (κ3) is 3.33. The van der Waals surface area contributed by atoms with Crippen molar-refractivity contribution in [2.45, 2.75) is 25.8 Å². The number of nitrogens with one attached hydrogen (secondary N) is 1. The van der Waals surface area contributed by atoms with Gasteiger partial charge in [-0.1, -0.05) is 17.3 Å². The SMILES string of the molecule is Cc1nc(-c2ccc(C(=O)NC3CCCN(C)C3)cc2)no1. The fraction of sp³-hybridized carbons (Fsp3) is 0.438. The molecule has 1 aliphatic rings. The van der Waals surface area contributed by atoms with E-state index >= 15 is 0 Å². The van der Waals surface area contributed by atoms with Crippen LogP contribution in [0.2, 0.25) is 0 Å². The van der Waals surface area contributed by atoms with Gasteiger partial charge in [-0.2, -0.15) is 4.98 Å². The molecule has 0 spiro atoms. The first-order chi connectivity index (χ1) is 10.6. The van der Waals surface area contributed by atoms with Crippen LogP contribution >= 0.6 is 0 Å². The molecule has 1 amide bonds. The highest BCUT2D eigenvalue weighted by molar-refractivity contribution is 5.94. The molecule has 1 N–H and O–H groups in total. The molecule has 116 valence electrons. The lowest BCUT2D eigenvalue weighted by atomic mass is 10.1. The van der Waals surface area contributed by atoms with Crippen LogP contribution in [0.15, 0.2) is 28.8 Å². The highest BCUT2D eigenvalue weighted by Gasteiger charge is 2.19. The number of rotatable bonds is 3. The Balaban J connectivity index is 1.66. The predicted octanol–water partition coefficient (Wildman–Crippen LogP) is 1.87. The van der Waals surface area contributed by atoms with E-state index in [-0.39, 0.29) is 11.9 Å². The van der Waals surface area contributed by atoms with E-state index < -0.39 is 0 Å². The second-order valence-electron chi connectivity index (χ2n) is 5.79. The van der Waals surface area contributed by atoms with Gasteiger partial charge in [-0.3, -0.25) is 4.79 Å². The fourth-order valence-electron chi connectivity index (χ4n) is 2.74. The van der Waals surface area contributed by atoms with E-state index in [0.717, 1.165) is 31.5 Å². The van der Waals surface area contributed by atoms with Crippen molar-refractivity contribution in [2.75, 3.05) is 20.1 Å². The van der Waals surface area contributed by atoms with Crippen LogP contribution in [0, 0.1) is 6.92 Å². The molecule has 0 bridgehead atoms. The number of likely N-dealkylation sites (tertiary alicyclic amines) is 1. The van der Waals surface area contributed by atoms with Gasteiger partial charge in [-0.25, -0.2) is 0 Å². The lowest BCUT2D eigenvalue weighted by molar-refractivity contribution is 0.0912. The van der Waals surface area contributed by atoms with Gasteiger partial charge < -0.3 is 14.7 Å². The Bertz CT molecular complexity index is 650. The molecule has 0 aliphatic carbocycles. The van der Waals surface area contributed by atoms with Crippen molar-refractivity contribution in [3.8, 4) is 11.4 Å². The van der Waals surface area contributed by atoms with Gasteiger partial charge in [0.2, 0.25) is 11.7 Å². The Morgan fingerprint density at radius 2 is 2.14 bits per heavy atom. The van der Waals surface area contributed by atoms with Crippen molar-refractivity contribution >= 4 is 5.91 Å². The maximum Gasteiger partial charge on any atom is 0.251 e. The number of piperidine rings is 1. The molecule has 0 saturated carbocycles. The van der Waals surface area contributed by atoms with Crippen LogP contribution in [-0.4, -0.2) is 47.1 Å². The summed E-state index contributed by atoms with van der Waals surface area (Å²) < 4.78 is 4.96. The Hall–Kier alpha value is -2.21. The van der Waals surface area contributed by atoms with Gasteiger partial charge in [0.25, 0.3) is 5.91 Å². The maximum absolute atomic E-state index is 12.3. The average molecular weight is 300 g/mol. The second kappa shape index (κ2) is 6.27. The quantitative estimate of drug-likeness (QED) is 0.937. The lowest BCUT2D eigenvalue weighted by Crippen LogP contribution is -2.46. The second-order valence-corrected chi connectivity index (χ2v) is 5.79. The number of nitrogens with zero attached hydrogens (tertiary/aromatic N) is 3. The standard InChI is InChI=1S/C16H20N4O2/c1-11-17-15(19-22-11)12-5-7-13(8-6-12)16(21)18-14-4-3-9-20(2)10-14/h5-8,14H,3-4,9-10H2,1-2H3,(H,18,21). The molecule has 1 aliphatic heterocycles. The van der Waals surface area contributed by atoms with E-state index in [1.165, 1.54) is 0 Å². The van der Waals surface area contributed by atoms with Crippen molar-refractivity contribution in [3.05, 3.63) is 35.7 Å². The first kappa shape index (κ1) is 14.7. The summed E-state index contributed by atoms with van der Waals surface area (Å²) in [6.07, 6.45) is 2.16.